The molecule has 0 unspecified atom stereocenters. The van der Waals surface area contributed by atoms with Crippen LogP contribution in [-0.2, 0) is 6.42 Å². The van der Waals surface area contributed by atoms with Crippen LogP contribution in [-0.4, -0.2) is 29.0 Å². The fraction of sp³-hybridized carbons (Fsp3) is 0.308. The van der Waals surface area contributed by atoms with Crippen LogP contribution >= 0.6 is 11.8 Å². The van der Waals surface area contributed by atoms with E-state index < -0.39 is 0 Å². The molecule has 0 atom stereocenters. The van der Waals surface area contributed by atoms with E-state index in [2.05, 4.69) is 45.8 Å². The number of hydrogen-bond donors (Lipinski definition) is 2. The average Bonchev–Trinajstić information content (AvgIpc) is 2.99. The van der Waals surface area contributed by atoms with Crippen molar-refractivity contribution in [2.75, 3.05) is 18.8 Å². The molecule has 1 aliphatic heterocycles. The van der Waals surface area contributed by atoms with Gasteiger partial charge in [-0.05, 0) is 18.1 Å². The molecule has 1 aromatic heterocycles. The molecule has 3 rings (SSSR count). The molecular formula is C13H15N3S. The van der Waals surface area contributed by atoms with Crippen LogP contribution < -0.4 is 5.32 Å². The number of thioether (sulfide) groups is 1. The number of benzene rings is 1. The Labute approximate surface area is 105 Å². The van der Waals surface area contributed by atoms with Crippen LogP contribution in [0.25, 0.3) is 10.9 Å². The Morgan fingerprint density at radius 2 is 2.29 bits per heavy atom. The molecule has 88 valence electrons. The third-order valence-electron chi connectivity index (χ3n) is 2.93. The van der Waals surface area contributed by atoms with E-state index in [4.69, 9.17) is 0 Å². The second-order valence-corrected chi connectivity index (χ2v) is 5.16. The molecule has 1 aromatic carbocycles. The largest absolute Gasteiger partial charge is 0.365 e. The highest BCUT2D eigenvalue weighted by molar-refractivity contribution is 8.14. The summed E-state index contributed by atoms with van der Waals surface area (Å²) >= 11 is 1.81. The molecule has 0 amide bonds. The molecule has 0 spiro atoms. The van der Waals surface area contributed by atoms with E-state index in [9.17, 15) is 0 Å². The van der Waals surface area contributed by atoms with Crippen molar-refractivity contribution in [3.8, 4) is 0 Å². The van der Waals surface area contributed by atoms with Crippen molar-refractivity contribution in [1.82, 2.24) is 10.3 Å². The van der Waals surface area contributed by atoms with Gasteiger partial charge in [0.25, 0.3) is 0 Å². The highest BCUT2D eigenvalue weighted by Gasteiger charge is 2.06. The van der Waals surface area contributed by atoms with Gasteiger partial charge in [-0.15, -0.1) is 0 Å². The van der Waals surface area contributed by atoms with Crippen molar-refractivity contribution in [3.05, 3.63) is 36.0 Å². The van der Waals surface area contributed by atoms with Crippen molar-refractivity contribution >= 4 is 27.8 Å². The molecule has 2 aromatic rings. The van der Waals surface area contributed by atoms with Crippen molar-refractivity contribution in [1.29, 1.82) is 0 Å². The molecule has 17 heavy (non-hydrogen) atoms. The number of aromatic nitrogens is 1. The van der Waals surface area contributed by atoms with Gasteiger partial charge >= 0.3 is 0 Å². The first-order valence-corrected chi connectivity index (χ1v) is 6.88. The van der Waals surface area contributed by atoms with Gasteiger partial charge in [0, 0.05) is 29.4 Å². The van der Waals surface area contributed by atoms with Gasteiger partial charge in [0.2, 0.25) is 0 Å². The van der Waals surface area contributed by atoms with Crippen LogP contribution in [0.15, 0.2) is 35.5 Å². The maximum Gasteiger partial charge on any atom is 0.156 e. The maximum absolute atomic E-state index is 4.38. The molecule has 0 saturated heterocycles. The first-order chi connectivity index (χ1) is 8.43. The predicted molar refractivity (Wildman–Crippen MR) is 74.8 cm³/mol. The number of para-hydroxylation sites is 1. The van der Waals surface area contributed by atoms with Gasteiger partial charge in [0.05, 0.1) is 6.54 Å². The van der Waals surface area contributed by atoms with Crippen molar-refractivity contribution in [3.63, 3.8) is 0 Å². The van der Waals surface area contributed by atoms with Crippen molar-refractivity contribution in [2.45, 2.75) is 6.42 Å². The average molecular weight is 245 g/mol. The van der Waals surface area contributed by atoms with Crippen LogP contribution in [0.2, 0.25) is 0 Å². The Morgan fingerprint density at radius 1 is 1.35 bits per heavy atom. The number of rotatable bonds is 3. The quantitative estimate of drug-likeness (QED) is 0.871. The maximum atomic E-state index is 4.38. The van der Waals surface area contributed by atoms with Crippen LogP contribution in [0.3, 0.4) is 0 Å². The lowest BCUT2D eigenvalue weighted by Gasteiger charge is -2.03. The SMILES string of the molecule is c1ccc2c(CCNC3=NCCS3)c[nH]c2c1. The second kappa shape index (κ2) is 4.84. The molecule has 0 fully saturated rings. The number of nitrogens with zero attached hydrogens (tertiary/aromatic N) is 1. The highest BCUT2D eigenvalue weighted by Crippen LogP contribution is 2.18. The Morgan fingerprint density at radius 3 is 3.18 bits per heavy atom. The van der Waals surface area contributed by atoms with Crippen LogP contribution in [0, 0.1) is 0 Å². The van der Waals surface area contributed by atoms with Crippen LogP contribution in [0.4, 0.5) is 0 Å². The monoisotopic (exact) mass is 245 g/mol. The van der Waals surface area contributed by atoms with Gasteiger partial charge in [0.1, 0.15) is 0 Å². The van der Waals surface area contributed by atoms with Crippen LogP contribution in [0.1, 0.15) is 5.56 Å². The molecular weight excluding hydrogens is 230 g/mol. The fourth-order valence-electron chi connectivity index (χ4n) is 2.08. The zero-order valence-corrected chi connectivity index (χ0v) is 10.4. The van der Waals surface area contributed by atoms with E-state index in [0.717, 1.165) is 30.4 Å². The molecule has 0 bridgehead atoms. The van der Waals surface area contributed by atoms with E-state index in [-0.39, 0.29) is 0 Å². The standard InChI is InChI=1S/C13H15N3S/c1-2-4-12-11(3-1)10(9-16-12)5-6-14-13-15-7-8-17-13/h1-4,9,16H,5-8H2,(H,14,15). The van der Waals surface area contributed by atoms with Gasteiger partial charge in [0.15, 0.2) is 5.17 Å². The Balaban J connectivity index is 1.64. The minimum Gasteiger partial charge on any atom is -0.365 e. The summed E-state index contributed by atoms with van der Waals surface area (Å²) in [4.78, 5) is 7.68. The van der Waals surface area contributed by atoms with Crippen molar-refractivity contribution in [2.24, 2.45) is 4.99 Å². The Bertz CT molecular complexity index is 544. The molecule has 4 heteroatoms. The van der Waals surface area contributed by atoms with E-state index in [0.29, 0.717) is 0 Å². The minimum absolute atomic E-state index is 0.952. The van der Waals surface area contributed by atoms with E-state index in [1.807, 2.05) is 11.8 Å². The molecule has 2 heterocycles. The normalized spacial score (nSPS) is 15.2. The molecule has 2 N–H and O–H groups in total. The van der Waals surface area contributed by atoms with Gasteiger partial charge in [-0.1, -0.05) is 30.0 Å². The zero-order valence-electron chi connectivity index (χ0n) is 9.57. The summed E-state index contributed by atoms with van der Waals surface area (Å²) in [6, 6.07) is 8.43. The first-order valence-electron chi connectivity index (χ1n) is 5.89. The summed E-state index contributed by atoms with van der Waals surface area (Å²) < 4.78 is 0. The molecule has 0 radical (unpaired) electrons. The van der Waals surface area contributed by atoms with Gasteiger partial charge < -0.3 is 10.3 Å². The number of hydrogen-bond acceptors (Lipinski definition) is 3. The third kappa shape index (κ3) is 2.31. The lowest BCUT2D eigenvalue weighted by molar-refractivity contribution is 0.877. The number of aromatic amines is 1. The second-order valence-electron chi connectivity index (χ2n) is 4.07. The van der Waals surface area contributed by atoms with Crippen LogP contribution in [0.5, 0.6) is 0 Å². The van der Waals surface area contributed by atoms with Crippen molar-refractivity contribution < 1.29 is 0 Å². The summed E-state index contributed by atoms with van der Waals surface area (Å²) in [5.41, 5.74) is 2.59. The summed E-state index contributed by atoms with van der Waals surface area (Å²) in [7, 11) is 0. The Kier molecular flexibility index (Phi) is 3.05. The third-order valence-corrected chi connectivity index (χ3v) is 3.86. The lowest BCUT2D eigenvalue weighted by Crippen LogP contribution is -2.21. The van der Waals surface area contributed by atoms with E-state index >= 15 is 0 Å². The number of aliphatic imine (C=N–C) groups is 1. The summed E-state index contributed by atoms with van der Waals surface area (Å²) in [6.45, 7) is 1.91. The fourth-order valence-corrected chi connectivity index (χ4v) is 2.85. The number of nitrogens with one attached hydrogen (secondary N) is 2. The number of fused-ring (bicyclic) bond motifs is 1. The molecule has 1 aliphatic rings. The van der Waals surface area contributed by atoms with Gasteiger partial charge in [-0.2, -0.15) is 0 Å². The lowest BCUT2D eigenvalue weighted by atomic mass is 10.1. The number of H-pyrrole nitrogens is 1. The highest BCUT2D eigenvalue weighted by atomic mass is 32.2. The summed E-state index contributed by atoms with van der Waals surface area (Å²) in [5.74, 6) is 1.12. The smallest absolute Gasteiger partial charge is 0.156 e. The van der Waals surface area contributed by atoms with Gasteiger partial charge in [-0.3, -0.25) is 4.99 Å². The van der Waals surface area contributed by atoms with E-state index in [1.165, 1.54) is 16.5 Å². The number of amidine groups is 1. The Hall–Kier alpha value is -1.42. The zero-order chi connectivity index (χ0) is 11.5. The predicted octanol–water partition coefficient (Wildman–Crippen LogP) is 2.40. The minimum atomic E-state index is 0.952. The van der Waals surface area contributed by atoms with Gasteiger partial charge in [-0.25, -0.2) is 0 Å². The molecule has 0 saturated carbocycles. The van der Waals surface area contributed by atoms with E-state index in [1.54, 1.807) is 0 Å². The topological polar surface area (TPSA) is 40.2 Å². The molecule has 3 nitrogen and oxygen atoms in total. The molecule has 0 aliphatic carbocycles. The summed E-state index contributed by atoms with van der Waals surface area (Å²) in [6.07, 6.45) is 3.14. The summed E-state index contributed by atoms with van der Waals surface area (Å²) in [5, 5.41) is 5.81. The first kappa shape index (κ1) is 10.7.